The summed E-state index contributed by atoms with van der Waals surface area (Å²) in [5, 5.41) is 10.8. The second kappa shape index (κ2) is 12.1. The van der Waals surface area contributed by atoms with Crippen LogP contribution in [0.3, 0.4) is 0 Å². The number of fused-ring (bicyclic) bond motifs is 1. The summed E-state index contributed by atoms with van der Waals surface area (Å²) in [4.78, 5) is 9.89. The van der Waals surface area contributed by atoms with Gasteiger partial charge in [0.25, 0.3) is 0 Å². The SMILES string of the molecule is CC(C)(c1ccccc1)c1ccnc(-c2[c-]c(-c3cccc4c3nc(-c3ccccc3O)n4-c3ccccc3)ccc2)c1.[Pt]. The van der Waals surface area contributed by atoms with Gasteiger partial charge in [-0.2, -0.15) is 0 Å². The Kier molecular flexibility index (Phi) is 8.03. The maximum absolute atomic E-state index is 10.8. The Morgan fingerprint density at radius 2 is 1.32 bits per heavy atom. The van der Waals surface area contributed by atoms with Gasteiger partial charge >= 0.3 is 0 Å². The fourth-order valence-electron chi connectivity index (χ4n) is 5.76. The van der Waals surface area contributed by atoms with E-state index >= 15 is 0 Å². The molecule has 0 atom stereocenters. The van der Waals surface area contributed by atoms with Crippen LogP contribution in [0, 0.1) is 6.07 Å². The number of hydrogen-bond donors (Lipinski definition) is 1. The molecule has 218 valence electrons. The first-order valence-electron chi connectivity index (χ1n) is 14.4. The van der Waals surface area contributed by atoms with E-state index in [9.17, 15) is 5.11 Å². The first-order valence-corrected chi connectivity index (χ1v) is 14.4. The quantitative estimate of drug-likeness (QED) is 0.173. The molecule has 0 aliphatic carbocycles. The molecule has 2 aromatic heterocycles. The number of para-hydroxylation sites is 3. The Hall–Kier alpha value is -4.79. The molecule has 5 heteroatoms. The van der Waals surface area contributed by atoms with Crippen LogP contribution in [-0.2, 0) is 26.5 Å². The molecule has 0 fully saturated rings. The van der Waals surface area contributed by atoms with Gasteiger partial charge in [-0.25, -0.2) is 4.98 Å². The second-order valence-electron chi connectivity index (χ2n) is 11.2. The fraction of sp³-hybridized carbons (Fsp3) is 0.0769. The average molecular weight is 752 g/mol. The van der Waals surface area contributed by atoms with Crippen LogP contribution >= 0.6 is 0 Å². The van der Waals surface area contributed by atoms with Crippen LogP contribution in [-0.4, -0.2) is 19.6 Å². The molecule has 1 N–H and O–H groups in total. The zero-order valence-electron chi connectivity index (χ0n) is 24.4. The molecule has 0 saturated heterocycles. The molecule has 0 aliphatic rings. The van der Waals surface area contributed by atoms with Crippen molar-refractivity contribution in [1.29, 1.82) is 0 Å². The van der Waals surface area contributed by atoms with E-state index in [1.165, 1.54) is 11.1 Å². The summed E-state index contributed by atoms with van der Waals surface area (Å²) in [5.41, 5.74) is 9.40. The summed E-state index contributed by atoms with van der Waals surface area (Å²) in [6, 6.07) is 48.3. The molecule has 7 aromatic rings. The Morgan fingerprint density at radius 3 is 2.09 bits per heavy atom. The van der Waals surface area contributed by atoms with Gasteiger partial charge in [0.05, 0.1) is 16.6 Å². The van der Waals surface area contributed by atoms with E-state index in [0.29, 0.717) is 11.4 Å². The molecule has 0 saturated carbocycles. The summed E-state index contributed by atoms with van der Waals surface area (Å²) < 4.78 is 2.11. The molecule has 7 rings (SSSR count). The van der Waals surface area contributed by atoms with Crippen molar-refractivity contribution in [3.8, 4) is 45.2 Å². The maximum Gasteiger partial charge on any atom is 0.148 e. The summed E-state index contributed by atoms with van der Waals surface area (Å²) in [7, 11) is 0. The minimum Gasteiger partial charge on any atom is -0.507 e. The maximum atomic E-state index is 10.8. The standard InChI is InChI=1S/C39H30N3O.Pt/c1-39(2,29-15-5-3-6-16-29)30-23-24-40-34(26-30)28-14-11-13-27(25-28)32-20-12-21-35-37(32)41-38(33-19-9-10-22-36(33)43)42(35)31-17-7-4-8-18-31;/h3-24,26,43H,1-2H3;/q-1;. The van der Waals surface area contributed by atoms with Gasteiger partial charge in [-0.15, -0.1) is 29.8 Å². The number of rotatable bonds is 6. The number of aromatic nitrogens is 3. The Balaban J connectivity index is 0.00000343. The number of aromatic hydroxyl groups is 1. The normalized spacial score (nSPS) is 11.3. The van der Waals surface area contributed by atoms with E-state index < -0.39 is 0 Å². The summed E-state index contributed by atoms with van der Waals surface area (Å²) in [6.45, 7) is 4.49. The molecule has 0 amide bonds. The number of phenolic OH excluding ortho intramolecular Hbond substituents is 1. The van der Waals surface area contributed by atoms with Gasteiger partial charge in [0.15, 0.2) is 0 Å². The molecular weight excluding hydrogens is 722 g/mol. The largest absolute Gasteiger partial charge is 0.507 e. The number of nitrogens with zero attached hydrogens (tertiary/aromatic N) is 3. The van der Waals surface area contributed by atoms with Crippen molar-refractivity contribution in [2.45, 2.75) is 19.3 Å². The molecule has 44 heavy (non-hydrogen) atoms. The monoisotopic (exact) mass is 751 g/mol. The van der Waals surface area contributed by atoms with Crippen LogP contribution in [0.25, 0.3) is 50.5 Å². The van der Waals surface area contributed by atoms with Gasteiger partial charge in [0.1, 0.15) is 11.6 Å². The van der Waals surface area contributed by atoms with Gasteiger partial charge in [-0.05, 0) is 47.5 Å². The zero-order valence-corrected chi connectivity index (χ0v) is 26.7. The molecule has 0 radical (unpaired) electrons. The molecule has 0 bridgehead atoms. The van der Waals surface area contributed by atoms with Crippen LogP contribution in [0.15, 0.2) is 140 Å². The molecule has 0 spiro atoms. The number of pyridine rings is 1. The van der Waals surface area contributed by atoms with Gasteiger partial charge in [0, 0.05) is 44.1 Å². The number of imidazole rings is 1. The van der Waals surface area contributed by atoms with Gasteiger partial charge < -0.3 is 5.11 Å². The van der Waals surface area contributed by atoms with Gasteiger partial charge in [-0.1, -0.05) is 104 Å². The van der Waals surface area contributed by atoms with Crippen molar-refractivity contribution in [3.05, 3.63) is 157 Å². The zero-order chi connectivity index (χ0) is 29.4. The average Bonchev–Trinajstić information content (AvgIpc) is 3.45. The van der Waals surface area contributed by atoms with Crippen LogP contribution < -0.4 is 0 Å². The minimum atomic E-state index is -0.175. The van der Waals surface area contributed by atoms with Crippen LogP contribution in [0.4, 0.5) is 0 Å². The number of phenols is 1. The van der Waals surface area contributed by atoms with Crippen LogP contribution in [0.1, 0.15) is 25.0 Å². The third-order valence-corrected chi connectivity index (χ3v) is 8.18. The Morgan fingerprint density at radius 1 is 0.659 bits per heavy atom. The van der Waals surface area contributed by atoms with E-state index in [1.807, 2.05) is 48.7 Å². The van der Waals surface area contributed by atoms with E-state index in [2.05, 4.69) is 109 Å². The molecule has 0 unspecified atom stereocenters. The molecular formula is C39H30N3OPt-. The van der Waals surface area contributed by atoms with Crippen molar-refractivity contribution in [2.75, 3.05) is 0 Å². The first-order chi connectivity index (χ1) is 21.0. The second-order valence-corrected chi connectivity index (χ2v) is 11.2. The van der Waals surface area contributed by atoms with E-state index in [4.69, 9.17) is 9.97 Å². The summed E-state index contributed by atoms with van der Waals surface area (Å²) in [6.07, 6.45) is 1.89. The van der Waals surface area contributed by atoms with Crippen molar-refractivity contribution in [2.24, 2.45) is 0 Å². The summed E-state index contributed by atoms with van der Waals surface area (Å²) >= 11 is 0. The molecule has 4 nitrogen and oxygen atoms in total. The van der Waals surface area contributed by atoms with Gasteiger partial charge in [-0.3, -0.25) is 9.55 Å². The number of benzene rings is 5. The fourth-order valence-corrected chi connectivity index (χ4v) is 5.76. The number of hydrogen-bond acceptors (Lipinski definition) is 3. The van der Waals surface area contributed by atoms with E-state index in [0.717, 1.165) is 39.1 Å². The van der Waals surface area contributed by atoms with Crippen molar-refractivity contribution >= 4 is 11.0 Å². The molecule has 5 aromatic carbocycles. The molecule has 0 aliphatic heterocycles. The first kappa shape index (κ1) is 29.3. The summed E-state index contributed by atoms with van der Waals surface area (Å²) in [5.74, 6) is 0.870. The van der Waals surface area contributed by atoms with Crippen LogP contribution in [0.5, 0.6) is 5.75 Å². The Bertz CT molecular complexity index is 2070. The van der Waals surface area contributed by atoms with Crippen molar-refractivity contribution in [3.63, 3.8) is 0 Å². The predicted octanol–water partition coefficient (Wildman–Crippen LogP) is 9.25. The topological polar surface area (TPSA) is 50.9 Å². The third kappa shape index (κ3) is 5.27. The van der Waals surface area contributed by atoms with E-state index in [1.54, 1.807) is 6.07 Å². The van der Waals surface area contributed by atoms with E-state index in [-0.39, 0.29) is 32.2 Å². The molecule has 2 heterocycles. The van der Waals surface area contributed by atoms with Crippen molar-refractivity contribution < 1.29 is 26.2 Å². The predicted molar refractivity (Wildman–Crippen MR) is 174 cm³/mol. The van der Waals surface area contributed by atoms with Gasteiger partial charge in [0.2, 0.25) is 0 Å². The minimum absolute atomic E-state index is 0. The smallest absolute Gasteiger partial charge is 0.148 e. The van der Waals surface area contributed by atoms with Crippen LogP contribution in [0.2, 0.25) is 0 Å². The Labute approximate surface area is 272 Å². The third-order valence-electron chi connectivity index (χ3n) is 8.18. The van der Waals surface area contributed by atoms with Crippen molar-refractivity contribution in [1.82, 2.24) is 14.5 Å².